The van der Waals surface area contributed by atoms with Crippen LogP contribution in [-0.4, -0.2) is 15.0 Å². The number of aliphatic carboxylic acids is 1. The largest absolute Gasteiger partial charge is 0.480 e. The number of rotatable bonds is 3. The fraction of sp³-hybridized carbons (Fsp3) is 0.429. The van der Waals surface area contributed by atoms with Gasteiger partial charge in [0.15, 0.2) is 5.38 Å². The molecule has 1 rings (SSSR count). The van der Waals surface area contributed by atoms with Crippen molar-refractivity contribution in [3.05, 3.63) is 21.3 Å². The van der Waals surface area contributed by atoms with Crippen molar-refractivity contribution in [3.8, 4) is 0 Å². The summed E-state index contributed by atoms with van der Waals surface area (Å²) in [5, 5.41) is 8.81. The Morgan fingerprint density at radius 3 is 2.85 bits per heavy atom. The molecule has 0 aliphatic heterocycles. The number of carboxylic acids is 1. The Bertz CT molecular complexity index is 370. The molecular weight excluding hydrogens is 214 g/mol. The van der Waals surface area contributed by atoms with E-state index in [0.717, 1.165) is 0 Å². The van der Waals surface area contributed by atoms with Gasteiger partial charge in [0.25, 0.3) is 5.56 Å². The number of halogens is 1. The lowest BCUT2D eigenvalue weighted by molar-refractivity contribution is -0.136. The van der Waals surface area contributed by atoms with E-state index in [9.17, 15) is 9.59 Å². The predicted molar refractivity (Wildman–Crippen MR) is 50.5 cm³/mol. The Balaban J connectivity index is 3.10. The third kappa shape index (κ3) is 1.92. The van der Waals surface area contributed by atoms with Crippen LogP contribution in [-0.2, 0) is 11.3 Å². The highest BCUT2D eigenvalue weighted by Crippen LogP contribution is 2.18. The van der Waals surface area contributed by atoms with Crippen LogP contribution in [0.2, 0.25) is 0 Å². The van der Waals surface area contributed by atoms with E-state index in [1.165, 1.54) is 20.9 Å². The highest BCUT2D eigenvalue weighted by molar-refractivity contribution is 7.04. The Hall–Kier alpha value is -0.810. The third-order valence-electron chi connectivity index (χ3n) is 1.56. The fourth-order valence-corrected chi connectivity index (χ4v) is 1.94. The first-order chi connectivity index (χ1) is 6.07. The van der Waals surface area contributed by atoms with Gasteiger partial charge in [-0.3, -0.25) is 13.5 Å². The minimum Gasteiger partial charge on any atom is -0.480 e. The molecule has 1 atom stereocenters. The maximum atomic E-state index is 11.4. The quantitative estimate of drug-likeness (QED) is 0.783. The molecule has 0 fully saturated rings. The fourth-order valence-electron chi connectivity index (χ4n) is 0.882. The normalized spacial score (nSPS) is 12.8. The molecule has 0 amide bonds. The molecule has 72 valence electrons. The van der Waals surface area contributed by atoms with Gasteiger partial charge >= 0.3 is 5.97 Å². The summed E-state index contributed by atoms with van der Waals surface area (Å²) >= 11 is 6.69. The van der Waals surface area contributed by atoms with Crippen molar-refractivity contribution >= 4 is 29.1 Å². The summed E-state index contributed by atoms with van der Waals surface area (Å²) < 4.78 is 1.45. The van der Waals surface area contributed by atoms with Crippen LogP contribution in [0.25, 0.3) is 0 Å². The number of hydrogen-bond acceptors (Lipinski definition) is 3. The van der Waals surface area contributed by atoms with Gasteiger partial charge in [-0.2, -0.15) is 0 Å². The second kappa shape index (κ2) is 3.93. The average Bonchev–Trinajstić information content (AvgIpc) is 2.45. The van der Waals surface area contributed by atoms with Gasteiger partial charge < -0.3 is 5.11 Å². The maximum absolute atomic E-state index is 11.4. The minimum atomic E-state index is -1.24. The summed E-state index contributed by atoms with van der Waals surface area (Å²) in [6.45, 7) is 2.35. The van der Waals surface area contributed by atoms with E-state index in [0.29, 0.717) is 6.54 Å². The predicted octanol–water partition coefficient (Wildman–Crippen LogP) is 1.29. The van der Waals surface area contributed by atoms with Crippen molar-refractivity contribution in [1.82, 2.24) is 3.96 Å². The van der Waals surface area contributed by atoms with Crippen molar-refractivity contribution in [2.75, 3.05) is 0 Å². The minimum absolute atomic E-state index is 0.140. The summed E-state index contributed by atoms with van der Waals surface area (Å²) in [5.41, 5.74) is -0.170. The second-order valence-corrected chi connectivity index (χ2v) is 3.70. The third-order valence-corrected chi connectivity index (χ3v) is 3.02. The number of carbonyl (C=O) groups is 1. The lowest BCUT2D eigenvalue weighted by Gasteiger charge is -1.97. The topological polar surface area (TPSA) is 59.3 Å². The molecule has 0 aliphatic rings. The van der Waals surface area contributed by atoms with Gasteiger partial charge in [-0.05, 0) is 6.92 Å². The summed E-state index contributed by atoms with van der Waals surface area (Å²) in [6.07, 6.45) is 0. The van der Waals surface area contributed by atoms with Crippen LogP contribution in [0, 0.1) is 0 Å². The molecule has 6 heteroatoms. The first-order valence-corrected chi connectivity index (χ1v) is 4.90. The monoisotopic (exact) mass is 221 g/mol. The Kier molecular flexibility index (Phi) is 3.11. The molecule has 0 radical (unpaired) electrons. The van der Waals surface area contributed by atoms with Crippen molar-refractivity contribution < 1.29 is 9.90 Å². The molecule has 0 saturated heterocycles. The van der Waals surface area contributed by atoms with Crippen LogP contribution < -0.4 is 5.56 Å². The molecule has 13 heavy (non-hydrogen) atoms. The average molecular weight is 222 g/mol. The van der Waals surface area contributed by atoms with Crippen LogP contribution >= 0.6 is 23.1 Å². The molecular formula is C7H8ClNO3S. The SMILES string of the molecule is CCn1scc(C(Cl)C(=O)O)c1=O. The molecule has 1 aromatic rings. The highest BCUT2D eigenvalue weighted by Gasteiger charge is 2.21. The van der Waals surface area contributed by atoms with Gasteiger partial charge in [0.1, 0.15) is 0 Å². The zero-order valence-corrected chi connectivity index (χ0v) is 8.43. The Morgan fingerprint density at radius 1 is 1.85 bits per heavy atom. The molecule has 0 bridgehead atoms. The van der Waals surface area contributed by atoms with E-state index in [1.54, 1.807) is 0 Å². The number of aryl methyl sites for hydroxylation is 1. The van der Waals surface area contributed by atoms with Crippen molar-refractivity contribution in [2.24, 2.45) is 0 Å². The standard InChI is InChI=1S/C7H8ClNO3S/c1-2-9-6(10)4(3-13-9)5(8)7(11)12/h3,5H,2H2,1H3,(H,11,12). The number of alkyl halides is 1. The molecule has 0 aliphatic carbocycles. The van der Waals surface area contributed by atoms with Gasteiger partial charge in [-0.25, -0.2) is 0 Å². The van der Waals surface area contributed by atoms with Gasteiger partial charge in [0.05, 0.1) is 5.56 Å². The number of aromatic nitrogens is 1. The van der Waals surface area contributed by atoms with Gasteiger partial charge in [-0.15, -0.1) is 11.6 Å². The van der Waals surface area contributed by atoms with E-state index in [1.807, 2.05) is 6.92 Å². The van der Waals surface area contributed by atoms with Crippen molar-refractivity contribution in [2.45, 2.75) is 18.8 Å². The van der Waals surface area contributed by atoms with Crippen LogP contribution in [0.15, 0.2) is 10.2 Å². The molecule has 1 aromatic heterocycles. The van der Waals surface area contributed by atoms with Crippen molar-refractivity contribution in [1.29, 1.82) is 0 Å². The lowest BCUT2D eigenvalue weighted by Crippen LogP contribution is -2.19. The van der Waals surface area contributed by atoms with Crippen LogP contribution in [0.4, 0.5) is 0 Å². The second-order valence-electron chi connectivity index (χ2n) is 2.38. The summed E-state index contributed by atoms with van der Waals surface area (Å²) in [6, 6.07) is 0. The first-order valence-electron chi connectivity index (χ1n) is 3.63. The van der Waals surface area contributed by atoms with Gasteiger partial charge in [-0.1, -0.05) is 11.5 Å². The number of hydrogen-bond donors (Lipinski definition) is 1. The summed E-state index contributed by atoms with van der Waals surface area (Å²) in [5.74, 6) is -1.19. The summed E-state index contributed by atoms with van der Waals surface area (Å²) in [4.78, 5) is 21.8. The maximum Gasteiger partial charge on any atom is 0.326 e. The van der Waals surface area contributed by atoms with Crippen LogP contribution in [0.5, 0.6) is 0 Å². The van der Waals surface area contributed by atoms with Crippen LogP contribution in [0.3, 0.4) is 0 Å². The summed E-state index contributed by atoms with van der Waals surface area (Å²) in [7, 11) is 0. The highest BCUT2D eigenvalue weighted by atomic mass is 35.5. The molecule has 4 nitrogen and oxygen atoms in total. The van der Waals surface area contributed by atoms with Crippen LogP contribution in [0.1, 0.15) is 17.9 Å². The molecule has 0 saturated carbocycles. The number of carboxylic acid groups (broad SMARTS) is 1. The smallest absolute Gasteiger partial charge is 0.326 e. The van der Waals surface area contributed by atoms with Gasteiger partial charge in [0.2, 0.25) is 0 Å². The molecule has 1 unspecified atom stereocenters. The van der Waals surface area contributed by atoms with E-state index < -0.39 is 11.3 Å². The van der Waals surface area contributed by atoms with E-state index >= 15 is 0 Å². The van der Waals surface area contributed by atoms with E-state index in [4.69, 9.17) is 16.7 Å². The molecule has 0 spiro atoms. The van der Waals surface area contributed by atoms with E-state index in [2.05, 4.69) is 0 Å². The molecule has 1 heterocycles. The Labute approximate surface area is 83.5 Å². The van der Waals surface area contributed by atoms with E-state index in [-0.39, 0.29) is 11.1 Å². The zero-order chi connectivity index (χ0) is 10.0. The van der Waals surface area contributed by atoms with Crippen molar-refractivity contribution in [3.63, 3.8) is 0 Å². The Morgan fingerprint density at radius 2 is 2.46 bits per heavy atom. The lowest BCUT2D eigenvalue weighted by atomic mass is 10.2. The number of nitrogens with zero attached hydrogens (tertiary/aromatic N) is 1. The first kappa shape index (κ1) is 10.3. The molecule has 1 N–H and O–H groups in total. The molecule has 0 aromatic carbocycles. The zero-order valence-electron chi connectivity index (χ0n) is 6.86. The van der Waals surface area contributed by atoms with Gasteiger partial charge in [0, 0.05) is 11.9 Å².